The molecular weight excluding hydrogens is 418 g/mol. The van der Waals surface area contributed by atoms with Gasteiger partial charge in [-0.05, 0) is 37.3 Å². The molecule has 0 saturated heterocycles. The number of anilines is 2. The number of hydrogen-bond acceptors (Lipinski definition) is 4. The zero-order valence-corrected chi connectivity index (χ0v) is 21.3. The number of thioether (sulfide) groups is 1. The SMILES string of the molecule is CCCCCCCCC(CCCCCC)C(=S)Nc1c(SC)cc(N)c2ncccc12. The smallest absolute Gasteiger partial charge is 0.0952 e. The zero-order chi connectivity index (χ0) is 22.5. The number of pyridine rings is 1. The molecule has 0 fully saturated rings. The lowest BCUT2D eigenvalue weighted by Gasteiger charge is -2.22. The average Bonchev–Trinajstić information content (AvgIpc) is 2.79. The van der Waals surface area contributed by atoms with Crippen LogP contribution in [0.4, 0.5) is 11.4 Å². The Labute approximate surface area is 199 Å². The number of unbranched alkanes of at least 4 members (excludes halogenated alkanes) is 8. The summed E-state index contributed by atoms with van der Waals surface area (Å²) in [6, 6.07) is 6.08. The van der Waals surface area contributed by atoms with Crippen LogP contribution in [0.15, 0.2) is 29.3 Å². The highest BCUT2D eigenvalue weighted by atomic mass is 32.2. The van der Waals surface area contributed by atoms with Gasteiger partial charge in [0.25, 0.3) is 0 Å². The van der Waals surface area contributed by atoms with Gasteiger partial charge in [0.05, 0.1) is 21.9 Å². The van der Waals surface area contributed by atoms with Crippen LogP contribution in [0.5, 0.6) is 0 Å². The van der Waals surface area contributed by atoms with Gasteiger partial charge in [0.1, 0.15) is 0 Å². The second kappa shape index (κ2) is 14.7. The average molecular weight is 460 g/mol. The Morgan fingerprint density at radius 2 is 1.65 bits per heavy atom. The number of nitrogens with one attached hydrogen (secondary N) is 1. The minimum atomic E-state index is 0.442. The van der Waals surface area contributed by atoms with Gasteiger partial charge in [0.2, 0.25) is 0 Å². The molecule has 0 aliphatic rings. The van der Waals surface area contributed by atoms with Crippen molar-refractivity contribution >= 4 is 51.2 Å². The lowest BCUT2D eigenvalue weighted by atomic mass is 9.93. The Bertz CT molecular complexity index is 807. The molecule has 1 aromatic heterocycles. The lowest BCUT2D eigenvalue weighted by Crippen LogP contribution is -2.22. The van der Waals surface area contributed by atoms with E-state index in [9.17, 15) is 0 Å². The number of nitrogens with zero attached hydrogens (tertiary/aromatic N) is 1. The summed E-state index contributed by atoms with van der Waals surface area (Å²) in [5.41, 5.74) is 8.90. The third kappa shape index (κ3) is 8.27. The molecule has 2 aromatic rings. The number of fused-ring (bicyclic) bond motifs is 1. The minimum absolute atomic E-state index is 0.442. The molecule has 3 N–H and O–H groups in total. The fraction of sp³-hybridized carbons (Fsp3) is 0.615. The van der Waals surface area contributed by atoms with Crippen molar-refractivity contribution in [2.45, 2.75) is 95.8 Å². The number of nitrogen functional groups attached to an aromatic ring is 1. The predicted molar refractivity (Wildman–Crippen MR) is 144 cm³/mol. The molecule has 3 nitrogen and oxygen atoms in total. The summed E-state index contributed by atoms with van der Waals surface area (Å²) in [4.78, 5) is 6.62. The zero-order valence-electron chi connectivity index (χ0n) is 19.7. The summed E-state index contributed by atoms with van der Waals surface area (Å²) >= 11 is 7.69. The largest absolute Gasteiger partial charge is 0.397 e. The normalized spacial score (nSPS) is 12.2. The molecule has 0 aliphatic carbocycles. The fourth-order valence-electron chi connectivity index (χ4n) is 4.16. The molecular formula is C26H41N3S2. The second-order valence-electron chi connectivity index (χ2n) is 8.53. The molecule has 1 unspecified atom stereocenters. The van der Waals surface area contributed by atoms with Crippen LogP contribution in [0.3, 0.4) is 0 Å². The van der Waals surface area contributed by atoms with Gasteiger partial charge in [-0.3, -0.25) is 4.98 Å². The van der Waals surface area contributed by atoms with Crippen molar-refractivity contribution in [1.29, 1.82) is 0 Å². The number of hydrogen-bond donors (Lipinski definition) is 2. The first-order chi connectivity index (χ1) is 15.1. The van der Waals surface area contributed by atoms with E-state index in [0.29, 0.717) is 5.92 Å². The summed E-state index contributed by atoms with van der Waals surface area (Å²) in [6.45, 7) is 4.54. The van der Waals surface area contributed by atoms with Crippen molar-refractivity contribution < 1.29 is 0 Å². The molecule has 172 valence electrons. The van der Waals surface area contributed by atoms with Gasteiger partial charge in [-0.15, -0.1) is 11.8 Å². The first-order valence-electron chi connectivity index (χ1n) is 12.1. The van der Waals surface area contributed by atoms with E-state index in [-0.39, 0.29) is 0 Å². The van der Waals surface area contributed by atoms with Gasteiger partial charge in [0, 0.05) is 22.4 Å². The summed E-state index contributed by atoms with van der Waals surface area (Å²) in [5, 5.41) is 4.70. The number of benzene rings is 1. The molecule has 5 heteroatoms. The predicted octanol–water partition coefficient (Wildman–Crippen LogP) is 8.62. The van der Waals surface area contributed by atoms with Crippen molar-refractivity contribution in [3.8, 4) is 0 Å². The summed E-state index contributed by atoms with van der Waals surface area (Å²) < 4.78 is 0. The van der Waals surface area contributed by atoms with Crippen molar-refractivity contribution in [3.05, 3.63) is 24.4 Å². The van der Waals surface area contributed by atoms with Crippen LogP contribution >= 0.6 is 24.0 Å². The van der Waals surface area contributed by atoms with E-state index >= 15 is 0 Å². The van der Waals surface area contributed by atoms with E-state index in [2.05, 4.69) is 36.5 Å². The van der Waals surface area contributed by atoms with Crippen molar-refractivity contribution in [3.63, 3.8) is 0 Å². The van der Waals surface area contributed by atoms with Crippen LogP contribution in [-0.4, -0.2) is 16.2 Å². The van der Waals surface area contributed by atoms with Gasteiger partial charge in [-0.25, -0.2) is 0 Å². The Morgan fingerprint density at radius 3 is 2.29 bits per heavy atom. The van der Waals surface area contributed by atoms with Gasteiger partial charge in [-0.1, -0.05) is 90.3 Å². The standard InChI is InChI=1S/C26H41N3S2/c1-4-6-8-10-11-13-16-20(15-12-9-7-5-2)26(30)29-25-21-17-14-18-28-24(21)22(27)19-23(25)31-3/h14,17-20H,4-13,15-16,27H2,1-3H3,(H,29,30). The van der Waals surface area contributed by atoms with Crippen LogP contribution in [0.25, 0.3) is 10.9 Å². The molecule has 1 aromatic carbocycles. The van der Waals surface area contributed by atoms with Crippen LogP contribution in [-0.2, 0) is 0 Å². The number of thiocarbonyl (C=S) groups is 1. The molecule has 0 bridgehead atoms. The van der Waals surface area contributed by atoms with Gasteiger partial charge in [0.15, 0.2) is 0 Å². The maximum absolute atomic E-state index is 6.27. The molecule has 31 heavy (non-hydrogen) atoms. The monoisotopic (exact) mass is 459 g/mol. The summed E-state index contributed by atoms with van der Waals surface area (Å²) in [6.07, 6.45) is 19.4. The highest BCUT2D eigenvalue weighted by Gasteiger charge is 2.18. The Morgan fingerprint density at radius 1 is 1.03 bits per heavy atom. The molecule has 0 amide bonds. The highest BCUT2D eigenvalue weighted by molar-refractivity contribution is 7.98. The van der Waals surface area contributed by atoms with Gasteiger partial charge in [-0.2, -0.15) is 0 Å². The Hall–Kier alpha value is -1.33. The van der Waals surface area contributed by atoms with E-state index in [0.717, 1.165) is 32.2 Å². The topological polar surface area (TPSA) is 50.9 Å². The van der Waals surface area contributed by atoms with Crippen LogP contribution in [0.1, 0.15) is 90.9 Å². The van der Waals surface area contributed by atoms with Crippen molar-refractivity contribution in [1.82, 2.24) is 4.98 Å². The van der Waals surface area contributed by atoms with Crippen LogP contribution < -0.4 is 11.1 Å². The molecule has 0 spiro atoms. The number of nitrogens with two attached hydrogens (primary N) is 1. The third-order valence-corrected chi connectivity index (χ3v) is 7.23. The Kier molecular flexibility index (Phi) is 12.3. The minimum Gasteiger partial charge on any atom is -0.397 e. The highest BCUT2D eigenvalue weighted by Crippen LogP contribution is 2.37. The molecule has 2 rings (SSSR count). The summed E-state index contributed by atoms with van der Waals surface area (Å²) in [7, 11) is 0. The maximum Gasteiger partial charge on any atom is 0.0952 e. The molecule has 0 radical (unpaired) electrons. The van der Waals surface area contributed by atoms with Crippen molar-refractivity contribution in [2.24, 2.45) is 5.92 Å². The fourth-order valence-corrected chi connectivity index (χ4v) is 5.11. The molecule has 1 atom stereocenters. The first kappa shape index (κ1) is 25.9. The summed E-state index contributed by atoms with van der Waals surface area (Å²) in [5.74, 6) is 0.442. The molecule has 1 heterocycles. The van der Waals surface area contributed by atoms with Crippen molar-refractivity contribution in [2.75, 3.05) is 17.3 Å². The maximum atomic E-state index is 6.27. The molecule has 0 aliphatic heterocycles. The number of rotatable bonds is 15. The first-order valence-corrected chi connectivity index (χ1v) is 13.8. The van der Waals surface area contributed by atoms with E-state index in [1.54, 1.807) is 18.0 Å². The quantitative estimate of drug-likeness (QED) is 0.121. The van der Waals surface area contributed by atoms with E-state index in [4.69, 9.17) is 18.0 Å². The van der Waals surface area contributed by atoms with Gasteiger partial charge < -0.3 is 11.1 Å². The van der Waals surface area contributed by atoms with E-state index in [1.807, 2.05) is 12.1 Å². The Balaban J connectivity index is 2.11. The van der Waals surface area contributed by atoms with Gasteiger partial charge >= 0.3 is 0 Å². The number of aromatic nitrogens is 1. The van der Waals surface area contributed by atoms with E-state index in [1.165, 1.54) is 77.0 Å². The van der Waals surface area contributed by atoms with Crippen LogP contribution in [0.2, 0.25) is 0 Å². The second-order valence-corrected chi connectivity index (χ2v) is 9.82. The third-order valence-electron chi connectivity index (χ3n) is 6.03. The lowest BCUT2D eigenvalue weighted by molar-refractivity contribution is 0.491. The van der Waals surface area contributed by atoms with Crippen LogP contribution in [0, 0.1) is 5.92 Å². The molecule has 0 saturated carbocycles. The van der Waals surface area contributed by atoms with E-state index < -0.39 is 0 Å².